The highest BCUT2D eigenvalue weighted by atomic mass is 16.5. The first-order chi connectivity index (χ1) is 5.91. The molecule has 0 saturated heterocycles. The molecule has 1 unspecified atom stereocenters. The minimum absolute atomic E-state index is 0.105. The van der Waals surface area contributed by atoms with Gasteiger partial charge in [-0.05, 0) is 5.41 Å². The minimum Gasteiger partial charge on any atom is -0.449 e. The number of ether oxygens (including phenoxy) is 1. The average Bonchev–Trinajstić information content (AvgIpc) is 2.02. The first kappa shape index (κ1) is 11.8. The van der Waals surface area contributed by atoms with Gasteiger partial charge in [-0.2, -0.15) is 0 Å². The van der Waals surface area contributed by atoms with Crippen molar-refractivity contribution in [3.8, 4) is 12.3 Å². The third-order valence-electron chi connectivity index (χ3n) is 1.76. The third-order valence-corrected chi connectivity index (χ3v) is 1.76. The lowest BCUT2D eigenvalue weighted by Crippen LogP contribution is -2.22. The molecule has 0 aliphatic heterocycles. The largest absolute Gasteiger partial charge is 0.449 e. The van der Waals surface area contributed by atoms with Crippen molar-refractivity contribution in [1.29, 1.82) is 0 Å². The molecular weight excluding hydrogens is 164 g/mol. The number of carbonyl (C=O) groups excluding carboxylic acids is 1. The molecule has 0 aliphatic carbocycles. The molecule has 0 saturated carbocycles. The predicted octanol–water partition coefficient (Wildman–Crippen LogP) is 2.15. The fraction of sp³-hybridized carbons (Fsp3) is 0.545. The Morgan fingerprint density at radius 2 is 2.31 bits per heavy atom. The maximum atomic E-state index is 10.6. The van der Waals surface area contributed by atoms with Crippen LogP contribution < -0.4 is 0 Å². The van der Waals surface area contributed by atoms with Crippen molar-refractivity contribution < 1.29 is 9.53 Å². The third kappa shape index (κ3) is 5.08. The molecule has 0 radical (unpaired) electrons. The van der Waals surface area contributed by atoms with Gasteiger partial charge in [0.2, 0.25) is 0 Å². The number of hydrogen-bond donors (Lipinski definition) is 0. The number of hydrogen-bond acceptors (Lipinski definition) is 2. The Labute approximate surface area is 80.0 Å². The Balaban J connectivity index is 4.22. The van der Waals surface area contributed by atoms with Crippen molar-refractivity contribution >= 4 is 5.97 Å². The van der Waals surface area contributed by atoms with E-state index >= 15 is 0 Å². The van der Waals surface area contributed by atoms with E-state index in [-0.39, 0.29) is 11.4 Å². The standard InChI is InChI=1S/C11H16O2/c1-6-10(13-9(3)12)8-11(4,5)7-2/h1,7,10H,2,8H2,3-5H3. The van der Waals surface area contributed by atoms with Crippen molar-refractivity contribution in [1.82, 2.24) is 0 Å². The van der Waals surface area contributed by atoms with E-state index < -0.39 is 6.10 Å². The van der Waals surface area contributed by atoms with Gasteiger partial charge in [0.25, 0.3) is 0 Å². The SMILES string of the molecule is C#CC(CC(C)(C)C=C)OC(C)=O. The maximum Gasteiger partial charge on any atom is 0.303 e. The first-order valence-electron chi connectivity index (χ1n) is 4.18. The number of esters is 1. The molecule has 0 aliphatic rings. The summed E-state index contributed by atoms with van der Waals surface area (Å²) >= 11 is 0. The molecule has 0 fully saturated rings. The number of carbonyl (C=O) groups is 1. The molecule has 72 valence electrons. The topological polar surface area (TPSA) is 26.3 Å². The van der Waals surface area contributed by atoms with E-state index in [4.69, 9.17) is 11.2 Å². The van der Waals surface area contributed by atoms with Gasteiger partial charge in [0.1, 0.15) is 0 Å². The van der Waals surface area contributed by atoms with Gasteiger partial charge in [-0.15, -0.1) is 13.0 Å². The summed E-state index contributed by atoms with van der Waals surface area (Å²) in [5.41, 5.74) is -0.105. The van der Waals surface area contributed by atoms with Crippen LogP contribution in [0.15, 0.2) is 12.7 Å². The molecule has 0 aromatic carbocycles. The molecule has 13 heavy (non-hydrogen) atoms. The fourth-order valence-electron chi connectivity index (χ4n) is 0.896. The van der Waals surface area contributed by atoms with Gasteiger partial charge < -0.3 is 4.74 Å². The second kappa shape index (κ2) is 4.71. The van der Waals surface area contributed by atoms with E-state index in [1.54, 1.807) is 6.08 Å². The highest BCUT2D eigenvalue weighted by Gasteiger charge is 2.20. The van der Waals surface area contributed by atoms with E-state index in [1.807, 2.05) is 13.8 Å². The van der Waals surface area contributed by atoms with E-state index in [9.17, 15) is 4.79 Å². The summed E-state index contributed by atoms with van der Waals surface area (Å²) in [6.45, 7) is 9.03. The van der Waals surface area contributed by atoms with Gasteiger partial charge in [0, 0.05) is 13.3 Å². The van der Waals surface area contributed by atoms with Crippen LogP contribution in [0.25, 0.3) is 0 Å². The summed E-state index contributed by atoms with van der Waals surface area (Å²) < 4.78 is 4.91. The molecule has 0 spiro atoms. The maximum absolute atomic E-state index is 10.6. The smallest absolute Gasteiger partial charge is 0.303 e. The van der Waals surface area contributed by atoms with Crippen molar-refractivity contribution in [2.75, 3.05) is 0 Å². The summed E-state index contributed by atoms with van der Waals surface area (Å²) in [5, 5.41) is 0. The van der Waals surface area contributed by atoms with Crippen molar-refractivity contribution in [3.05, 3.63) is 12.7 Å². The Morgan fingerprint density at radius 3 is 2.62 bits per heavy atom. The van der Waals surface area contributed by atoms with Crippen LogP contribution in [0.1, 0.15) is 27.2 Å². The monoisotopic (exact) mass is 180 g/mol. The molecule has 0 aromatic heterocycles. The Morgan fingerprint density at radius 1 is 1.77 bits per heavy atom. The lowest BCUT2D eigenvalue weighted by Gasteiger charge is -2.22. The molecule has 2 heteroatoms. The zero-order valence-corrected chi connectivity index (χ0v) is 8.46. The van der Waals surface area contributed by atoms with Crippen LogP contribution in [-0.2, 0) is 9.53 Å². The van der Waals surface area contributed by atoms with Crippen LogP contribution in [0.4, 0.5) is 0 Å². The van der Waals surface area contributed by atoms with Gasteiger partial charge in [-0.3, -0.25) is 4.79 Å². The van der Waals surface area contributed by atoms with Gasteiger partial charge in [-0.25, -0.2) is 0 Å². The Kier molecular flexibility index (Phi) is 4.27. The van der Waals surface area contributed by atoms with Gasteiger partial charge in [-0.1, -0.05) is 25.8 Å². The van der Waals surface area contributed by atoms with Crippen molar-refractivity contribution in [3.63, 3.8) is 0 Å². The molecule has 2 nitrogen and oxygen atoms in total. The predicted molar refractivity (Wildman–Crippen MR) is 53.0 cm³/mol. The van der Waals surface area contributed by atoms with Gasteiger partial charge >= 0.3 is 5.97 Å². The number of rotatable bonds is 4. The quantitative estimate of drug-likeness (QED) is 0.376. The summed E-state index contributed by atoms with van der Waals surface area (Å²) in [6, 6.07) is 0. The van der Waals surface area contributed by atoms with Crippen LogP contribution in [0, 0.1) is 17.8 Å². The number of allylic oxidation sites excluding steroid dienone is 1. The van der Waals surface area contributed by atoms with Gasteiger partial charge in [0.05, 0.1) is 0 Å². The Hall–Kier alpha value is -1.23. The second-order valence-corrected chi connectivity index (χ2v) is 3.66. The van der Waals surface area contributed by atoms with Crippen LogP contribution in [0.3, 0.4) is 0 Å². The summed E-state index contributed by atoms with van der Waals surface area (Å²) in [5.74, 6) is 2.09. The normalized spacial score (nSPS) is 12.8. The number of terminal acetylenes is 1. The Bertz CT molecular complexity index is 233. The molecule has 0 aromatic rings. The molecule has 0 rings (SSSR count). The zero-order valence-electron chi connectivity index (χ0n) is 8.46. The minimum atomic E-state index is -0.453. The molecule has 0 heterocycles. The second-order valence-electron chi connectivity index (χ2n) is 3.66. The van der Waals surface area contributed by atoms with E-state index in [2.05, 4.69) is 12.5 Å². The molecular formula is C11H16O2. The summed E-state index contributed by atoms with van der Waals surface area (Å²) in [4.78, 5) is 10.6. The van der Waals surface area contributed by atoms with E-state index in [0.717, 1.165) is 0 Å². The van der Waals surface area contributed by atoms with Gasteiger partial charge in [0.15, 0.2) is 6.10 Å². The van der Waals surface area contributed by atoms with Crippen molar-refractivity contribution in [2.45, 2.75) is 33.3 Å². The average molecular weight is 180 g/mol. The van der Waals surface area contributed by atoms with E-state index in [1.165, 1.54) is 6.92 Å². The fourth-order valence-corrected chi connectivity index (χ4v) is 0.896. The lowest BCUT2D eigenvalue weighted by molar-refractivity contribution is -0.144. The highest BCUT2D eigenvalue weighted by Crippen LogP contribution is 2.24. The molecule has 0 bridgehead atoms. The van der Waals surface area contributed by atoms with E-state index in [0.29, 0.717) is 6.42 Å². The zero-order chi connectivity index (χ0) is 10.5. The molecule has 0 N–H and O–H groups in total. The lowest BCUT2D eigenvalue weighted by atomic mass is 9.87. The molecule has 1 atom stereocenters. The van der Waals surface area contributed by atoms with Crippen LogP contribution in [0.2, 0.25) is 0 Å². The summed E-state index contributed by atoms with van der Waals surface area (Å²) in [6.07, 6.45) is 7.18. The van der Waals surface area contributed by atoms with Crippen molar-refractivity contribution in [2.24, 2.45) is 5.41 Å². The molecule has 0 amide bonds. The van der Waals surface area contributed by atoms with Crippen LogP contribution in [0.5, 0.6) is 0 Å². The first-order valence-corrected chi connectivity index (χ1v) is 4.18. The van der Waals surface area contributed by atoms with Crippen LogP contribution >= 0.6 is 0 Å². The van der Waals surface area contributed by atoms with Crippen LogP contribution in [-0.4, -0.2) is 12.1 Å². The summed E-state index contributed by atoms with van der Waals surface area (Å²) in [7, 11) is 0. The highest BCUT2D eigenvalue weighted by molar-refractivity contribution is 5.66.